The Morgan fingerprint density at radius 2 is 1.75 bits per heavy atom. The molecule has 0 aliphatic carbocycles. The van der Waals surface area contributed by atoms with Gasteiger partial charge in [-0.3, -0.25) is 4.72 Å². The van der Waals surface area contributed by atoms with E-state index in [1.807, 2.05) is 0 Å². The van der Waals surface area contributed by atoms with Gasteiger partial charge in [0, 0.05) is 5.56 Å². The molecule has 0 aliphatic rings. The zero-order chi connectivity index (χ0) is 14.8. The van der Waals surface area contributed by atoms with Gasteiger partial charge in [0.15, 0.2) is 0 Å². The van der Waals surface area contributed by atoms with Gasteiger partial charge in [-0.1, -0.05) is 12.1 Å². The van der Waals surface area contributed by atoms with Gasteiger partial charge in [0.2, 0.25) is 0 Å². The molecule has 2 aromatic rings. The number of sulfonamides is 1. The normalized spacial score (nSPS) is 11.3. The molecule has 0 aliphatic heterocycles. The van der Waals surface area contributed by atoms with E-state index in [1.165, 1.54) is 18.2 Å². The fourth-order valence-electron chi connectivity index (χ4n) is 1.59. The molecule has 0 spiro atoms. The summed E-state index contributed by atoms with van der Waals surface area (Å²) < 4.78 is 52.8. The van der Waals surface area contributed by atoms with Crippen molar-refractivity contribution in [2.75, 3.05) is 4.72 Å². The lowest BCUT2D eigenvalue weighted by atomic mass is 10.2. The van der Waals surface area contributed by atoms with Crippen LogP contribution in [0.5, 0.6) is 0 Å². The van der Waals surface area contributed by atoms with Crippen molar-refractivity contribution in [1.82, 2.24) is 0 Å². The monoisotopic (exact) mass is 299 g/mol. The van der Waals surface area contributed by atoms with Crippen molar-refractivity contribution >= 4 is 15.7 Å². The van der Waals surface area contributed by atoms with Crippen LogP contribution in [0.1, 0.15) is 5.56 Å². The number of benzene rings is 2. The van der Waals surface area contributed by atoms with Crippen molar-refractivity contribution < 1.29 is 22.3 Å². The topological polar surface area (TPSA) is 66.4 Å². The van der Waals surface area contributed by atoms with Crippen LogP contribution in [0.3, 0.4) is 0 Å². The van der Waals surface area contributed by atoms with E-state index in [-0.39, 0.29) is 16.1 Å². The van der Waals surface area contributed by atoms with Crippen molar-refractivity contribution in [1.29, 1.82) is 0 Å². The molecule has 0 saturated carbocycles. The van der Waals surface area contributed by atoms with E-state index >= 15 is 0 Å². The number of hydrogen-bond acceptors (Lipinski definition) is 3. The summed E-state index contributed by atoms with van der Waals surface area (Å²) in [6.45, 7) is -0.630. The highest BCUT2D eigenvalue weighted by molar-refractivity contribution is 7.92. The second-order valence-corrected chi connectivity index (χ2v) is 5.68. The van der Waals surface area contributed by atoms with E-state index in [0.717, 1.165) is 24.3 Å². The minimum absolute atomic E-state index is 0.151. The van der Waals surface area contributed by atoms with Gasteiger partial charge in [-0.25, -0.2) is 17.2 Å². The van der Waals surface area contributed by atoms with Gasteiger partial charge < -0.3 is 5.11 Å². The molecule has 7 heteroatoms. The molecule has 0 unspecified atom stereocenters. The zero-order valence-electron chi connectivity index (χ0n) is 10.2. The van der Waals surface area contributed by atoms with E-state index < -0.39 is 28.3 Å². The van der Waals surface area contributed by atoms with Crippen molar-refractivity contribution in [3.63, 3.8) is 0 Å². The van der Waals surface area contributed by atoms with Gasteiger partial charge >= 0.3 is 0 Å². The molecule has 20 heavy (non-hydrogen) atoms. The Kier molecular flexibility index (Phi) is 4.01. The average molecular weight is 299 g/mol. The van der Waals surface area contributed by atoms with Crippen molar-refractivity contribution in [3.8, 4) is 0 Å². The number of halogens is 2. The zero-order valence-corrected chi connectivity index (χ0v) is 11.0. The third-order valence-corrected chi connectivity index (χ3v) is 3.98. The Morgan fingerprint density at radius 1 is 1.05 bits per heavy atom. The Balaban J connectivity index is 2.38. The maximum atomic E-state index is 13.4. The minimum Gasteiger partial charge on any atom is -0.392 e. The Hall–Kier alpha value is -1.99. The molecule has 106 valence electrons. The number of aliphatic hydroxyl groups excluding tert-OH is 1. The molecule has 0 amide bonds. The Morgan fingerprint density at radius 3 is 2.40 bits per heavy atom. The van der Waals surface area contributed by atoms with Gasteiger partial charge in [0.25, 0.3) is 10.0 Å². The molecule has 0 radical (unpaired) electrons. The van der Waals surface area contributed by atoms with Gasteiger partial charge in [0.05, 0.1) is 17.2 Å². The SMILES string of the molecule is O=S(=O)(Nc1ccccc1F)c1ccc(F)c(CO)c1. The maximum Gasteiger partial charge on any atom is 0.262 e. The summed E-state index contributed by atoms with van der Waals surface area (Å²) in [5, 5.41) is 8.93. The van der Waals surface area contributed by atoms with Crippen molar-refractivity contribution in [3.05, 3.63) is 59.7 Å². The van der Waals surface area contributed by atoms with E-state index in [0.29, 0.717) is 0 Å². The lowest BCUT2D eigenvalue weighted by Gasteiger charge is -2.10. The maximum absolute atomic E-state index is 13.4. The Bertz CT molecular complexity index is 732. The lowest BCUT2D eigenvalue weighted by molar-refractivity contribution is 0.275. The molecule has 0 heterocycles. The van der Waals surface area contributed by atoms with Crippen LogP contribution in [0.4, 0.5) is 14.5 Å². The molecule has 0 fully saturated rings. The van der Waals surface area contributed by atoms with Crippen LogP contribution in [0.2, 0.25) is 0 Å². The largest absolute Gasteiger partial charge is 0.392 e. The first-order chi connectivity index (χ1) is 9.44. The molecular weight excluding hydrogens is 288 g/mol. The van der Waals surface area contributed by atoms with E-state index in [2.05, 4.69) is 4.72 Å². The highest BCUT2D eigenvalue weighted by atomic mass is 32.2. The average Bonchev–Trinajstić information content (AvgIpc) is 2.41. The predicted molar refractivity (Wildman–Crippen MR) is 69.5 cm³/mol. The van der Waals surface area contributed by atoms with Gasteiger partial charge in [-0.15, -0.1) is 0 Å². The van der Waals surface area contributed by atoms with E-state index in [1.54, 1.807) is 0 Å². The van der Waals surface area contributed by atoms with E-state index in [4.69, 9.17) is 5.11 Å². The van der Waals surface area contributed by atoms with E-state index in [9.17, 15) is 17.2 Å². The molecular formula is C13H11F2NO3S. The Labute approximate surface area is 114 Å². The highest BCUT2D eigenvalue weighted by Crippen LogP contribution is 2.20. The van der Waals surface area contributed by atoms with Gasteiger partial charge in [-0.05, 0) is 30.3 Å². The molecule has 2 aromatic carbocycles. The quantitative estimate of drug-likeness (QED) is 0.910. The number of hydrogen-bond donors (Lipinski definition) is 2. The van der Waals surface area contributed by atoms with Crippen molar-refractivity contribution in [2.45, 2.75) is 11.5 Å². The molecule has 0 aromatic heterocycles. The second-order valence-electron chi connectivity index (χ2n) is 4.00. The van der Waals surface area contributed by atoms with Crippen LogP contribution in [-0.2, 0) is 16.6 Å². The van der Waals surface area contributed by atoms with Crippen LogP contribution in [0.25, 0.3) is 0 Å². The van der Waals surface area contributed by atoms with Crippen LogP contribution >= 0.6 is 0 Å². The first-order valence-electron chi connectivity index (χ1n) is 5.60. The van der Waals surface area contributed by atoms with Gasteiger partial charge in [0.1, 0.15) is 11.6 Å². The fourth-order valence-corrected chi connectivity index (χ4v) is 2.70. The number of para-hydroxylation sites is 1. The summed E-state index contributed by atoms with van der Waals surface area (Å²) in [5.41, 5.74) is -0.358. The molecule has 0 atom stereocenters. The molecule has 4 nitrogen and oxygen atoms in total. The van der Waals surface area contributed by atoms with Crippen LogP contribution in [-0.4, -0.2) is 13.5 Å². The third kappa shape index (κ3) is 2.94. The number of anilines is 1. The number of rotatable bonds is 4. The minimum atomic E-state index is -4.05. The summed E-state index contributed by atoms with van der Waals surface area (Å²) in [4.78, 5) is -0.258. The lowest BCUT2D eigenvalue weighted by Crippen LogP contribution is -2.14. The predicted octanol–water partition coefficient (Wildman–Crippen LogP) is 2.26. The van der Waals surface area contributed by atoms with Crippen LogP contribution in [0, 0.1) is 11.6 Å². The van der Waals surface area contributed by atoms with Crippen LogP contribution < -0.4 is 4.72 Å². The summed E-state index contributed by atoms with van der Waals surface area (Å²) in [5.74, 6) is -1.43. The summed E-state index contributed by atoms with van der Waals surface area (Å²) in [7, 11) is -4.05. The fraction of sp³-hybridized carbons (Fsp3) is 0.0769. The smallest absolute Gasteiger partial charge is 0.262 e. The first kappa shape index (κ1) is 14.4. The van der Waals surface area contributed by atoms with Gasteiger partial charge in [-0.2, -0.15) is 0 Å². The summed E-state index contributed by atoms with van der Waals surface area (Å²) in [6, 6.07) is 8.25. The molecule has 2 N–H and O–H groups in total. The molecule has 0 saturated heterocycles. The summed E-state index contributed by atoms with van der Waals surface area (Å²) >= 11 is 0. The number of aliphatic hydroxyl groups is 1. The highest BCUT2D eigenvalue weighted by Gasteiger charge is 2.17. The number of nitrogens with one attached hydrogen (secondary N) is 1. The third-order valence-electron chi connectivity index (χ3n) is 2.62. The van der Waals surface area contributed by atoms with Crippen LogP contribution in [0.15, 0.2) is 47.4 Å². The standard InChI is InChI=1S/C13H11F2NO3S/c14-11-6-5-10(7-9(11)8-17)20(18,19)16-13-4-2-1-3-12(13)15/h1-7,16-17H,8H2. The summed E-state index contributed by atoms with van der Waals surface area (Å²) in [6.07, 6.45) is 0. The van der Waals surface area contributed by atoms with Crippen molar-refractivity contribution in [2.24, 2.45) is 0 Å². The molecule has 2 rings (SSSR count). The first-order valence-corrected chi connectivity index (χ1v) is 7.09. The molecule has 0 bridgehead atoms. The second kappa shape index (κ2) is 5.56.